The van der Waals surface area contributed by atoms with E-state index in [1.165, 1.54) is 0 Å². The lowest BCUT2D eigenvalue weighted by Gasteiger charge is -2.21. The molecule has 74 valence electrons. The van der Waals surface area contributed by atoms with Crippen molar-refractivity contribution >= 4 is 11.9 Å². The van der Waals surface area contributed by atoms with Crippen molar-refractivity contribution in [2.24, 2.45) is 0 Å². The second-order valence-corrected chi connectivity index (χ2v) is 3.92. The van der Waals surface area contributed by atoms with Crippen LogP contribution in [0.25, 0.3) is 0 Å². The van der Waals surface area contributed by atoms with Crippen LogP contribution < -0.4 is 4.72 Å². The highest BCUT2D eigenvalue weighted by Crippen LogP contribution is 2.28. The quantitative estimate of drug-likeness (QED) is 0.582. The maximum Gasteiger partial charge on any atom is 0.132 e. The first-order valence-electron chi connectivity index (χ1n) is 4.34. The van der Waals surface area contributed by atoms with Crippen molar-refractivity contribution in [3.05, 3.63) is 24.2 Å². The molecule has 0 saturated heterocycles. The first-order chi connectivity index (χ1) is 6.25. The SMILES string of the molecule is CCNSC(c1ccco1)N(C)C. The first kappa shape index (κ1) is 10.6. The van der Waals surface area contributed by atoms with E-state index in [0.29, 0.717) is 0 Å². The fraction of sp³-hybridized carbons (Fsp3) is 0.556. The Balaban J connectivity index is 2.58. The summed E-state index contributed by atoms with van der Waals surface area (Å²) >= 11 is 1.67. The average molecular weight is 200 g/mol. The Bertz CT molecular complexity index is 224. The van der Waals surface area contributed by atoms with E-state index in [2.05, 4.69) is 16.5 Å². The molecule has 0 aromatic carbocycles. The Morgan fingerprint density at radius 2 is 2.38 bits per heavy atom. The molecule has 1 atom stereocenters. The molecule has 1 aromatic rings. The third-order valence-electron chi connectivity index (χ3n) is 1.59. The molecular formula is C9H16N2OS. The molecule has 0 amide bonds. The van der Waals surface area contributed by atoms with Crippen molar-refractivity contribution in [2.75, 3.05) is 20.6 Å². The summed E-state index contributed by atoms with van der Waals surface area (Å²) in [7, 11) is 4.08. The summed E-state index contributed by atoms with van der Waals surface area (Å²) < 4.78 is 8.58. The van der Waals surface area contributed by atoms with Gasteiger partial charge in [0.1, 0.15) is 11.1 Å². The zero-order chi connectivity index (χ0) is 9.68. The van der Waals surface area contributed by atoms with Crippen LogP contribution in [0.1, 0.15) is 18.1 Å². The molecular weight excluding hydrogens is 184 g/mol. The van der Waals surface area contributed by atoms with E-state index in [4.69, 9.17) is 4.42 Å². The Kier molecular flexibility index (Phi) is 4.35. The average Bonchev–Trinajstić information content (AvgIpc) is 2.57. The molecule has 0 aliphatic rings. The molecule has 0 aliphatic carbocycles. The summed E-state index contributed by atoms with van der Waals surface area (Å²) in [5.41, 5.74) is 0. The van der Waals surface area contributed by atoms with E-state index in [1.807, 2.05) is 26.2 Å². The van der Waals surface area contributed by atoms with Crippen LogP contribution in [-0.2, 0) is 0 Å². The van der Waals surface area contributed by atoms with Crippen molar-refractivity contribution in [1.29, 1.82) is 0 Å². The van der Waals surface area contributed by atoms with Gasteiger partial charge in [0.15, 0.2) is 0 Å². The van der Waals surface area contributed by atoms with Crippen molar-refractivity contribution < 1.29 is 4.42 Å². The molecule has 0 bridgehead atoms. The molecule has 0 fully saturated rings. The zero-order valence-corrected chi connectivity index (χ0v) is 9.10. The third-order valence-corrected chi connectivity index (χ3v) is 2.93. The Morgan fingerprint density at radius 3 is 2.85 bits per heavy atom. The van der Waals surface area contributed by atoms with Gasteiger partial charge in [0, 0.05) is 6.54 Å². The van der Waals surface area contributed by atoms with Crippen LogP contribution in [0.15, 0.2) is 22.8 Å². The number of hydrogen-bond donors (Lipinski definition) is 1. The second-order valence-electron chi connectivity index (χ2n) is 2.95. The van der Waals surface area contributed by atoms with Crippen molar-refractivity contribution in [1.82, 2.24) is 9.62 Å². The number of nitrogens with one attached hydrogen (secondary N) is 1. The number of rotatable bonds is 5. The van der Waals surface area contributed by atoms with Gasteiger partial charge in [-0.15, -0.1) is 0 Å². The third kappa shape index (κ3) is 3.06. The summed E-state index contributed by atoms with van der Waals surface area (Å²) in [5, 5.41) is 0.245. The van der Waals surface area contributed by atoms with Gasteiger partial charge in [-0.3, -0.25) is 9.62 Å². The van der Waals surface area contributed by atoms with E-state index in [9.17, 15) is 0 Å². The predicted octanol–water partition coefficient (Wildman–Crippen LogP) is 2.10. The predicted molar refractivity (Wildman–Crippen MR) is 56.4 cm³/mol. The zero-order valence-electron chi connectivity index (χ0n) is 8.28. The van der Waals surface area contributed by atoms with Gasteiger partial charge in [-0.05, 0) is 26.2 Å². The first-order valence-corrected chi connectivity index (χ1v) is 5.22. The van der Waals surface area contributed by atoms with Crippen molar-refractivity contribution in [2.45, 2.75) is 12.3 Å². The maximum absolute atomic E-state index is 5.35. The topological polar surface area (TPSA) is 28.4 Å². The molecule has 0 spiro atoms. The Morgan fingerprint density at radius 1 is 1.62 bits per heavy atom. The van der Waals surface area contributed by atoms with Crippen LogP contribution in [0.2, 0.25) is 0 Å². The molecule has 1 rings (SSSR count). The molecule has 0 radical (unpaired) electrons. The molecule has 0 saturated carbocycles. The fourth-order valence-corrected chi connectivity index (χ4v) is 1.80. The minimum Gasteiger partial charge on any atom is -0.467 e. The number of nitrogens with zero attached hydrogens (tertiary/aromatic N) is 1. The molecule has 3 nitrogen and oxygen atoms in total. The van der Waals surface area contributed by atoms with Crippen LogP contribution >= 0.6 is 11.9 Å². The van der Waals surface area contributed by atoms with Crippen LogP contribution in [0.3, 0.4) is 0 Å². The van der Waals surface area contributed by atoms with Gasteiger partial charge in [-0.1, -0.05) is 18.9 Å². The molecule has 1 unspecified atom stereocenters. The molecule has 1 N–H and O–H groups in total. The highest BCUT2D eigenvalue weighted by molar-refractivity contribution is 7.97. The Labute approximate surface area is 83.6 Å². The van der Waals surface area contributed by atoms with Gasteiger partial charge in [0.25, 0.3) is 0 Å². The Hall–Kier alpha value is -0.450. The van der Waals surface area contributed by atoms with E-state index in [1.54, 1.807) is 18.2 Å². The van der Waals surface area contributed by atoms with E-state index in [-0.39, 0.29) is 5.37 Å². The number of furan rings is 1. The van der Waals surface area contributed by atoms with Gasteiger partial charge < -0.3 is 4.42 Å². The summed E-state index contributed by atoms with van der Waals surface area (Å²) in [6, 6.07) is 3.91. The molecule has 0 aliphatic heterocycles. The fourth-order valence-electron chi connectivity index (χ4n) is 1.01. The normalized spacial score (nSPS) is 13.5. The lowest BCUT2D eigenvalue weighted by Crippen LogP contribution is -2.20. The van der Waals surface area contributed by atoms with E-state index >= 15 is 0 Å². The van der Waals surface area contributed by atoms with Gasteiger partial charge >= 0.3 is 0 Å². The molecule has 1 heterocycles. The minimum atomic E-state index is 0.245. The van der Waals surface area contributed by atoms with Crippen molar-refractivity contribution in [3.8, 4) is 0 Å². The molecule has 1 aromatic heterocycles. The smallest absolute Gasteiger partial charge is 0.132 e. The second kappa shape index (κ2) is 5.32. The maximum atomic E-state index is 5.35. The van der Waals surface area contributed by atoms with Gasteiger partial charge in [-0.2, -0.15) is 0 Å². The molecule has 13 heavy (non-hydrogen) atoms. The standard InChI is InChI=1S/C9H16N2OS/c1-4-10-13-9(11(2)3)8-6-5-7-12-8/h5-7,9-10H,4H2,1-3H3. The van der Waals surface area contributed by atoms with Crippen LogP contribution in [0.5, 0.6) is 0 Å². The summed E-state index contributed by atoms with van der Waals surface area (Å²) in [6.45, 7) is 3.04. The largest absolute Gasteiger partial charge is 0.467 e. The monoisotopic (exact) mass is 200 g/mol. The number of hydrogen-bond acceptors (Lipinski definition) is 4. The van der Waals surface area contributed by atoms with Gasteiger partial charge in [0.2, 0.25) is 0 Å². The van der Waals surface area contributed by atoms with Crippen LogP contribution in [-0.4, -0.2) is 25.5 Å². The minimum absolute atomic E-state index is 0.245. The highest BCUT2D eigenvalue weighted by Gasteiger charge is 2.16. The van der Waals surface area contributed by atoms with E-state index < -0.39 is 0 Å². The summed E-state index contributed by atoms with van der Waals surface area (Å²) in [4.78, 5) is 2.12. The van der Waals surface area contributed by atoms with E-state index in [0.717, 1.165) is 12.3 Å². The molecule has 4 heteroatoms. The van der Waals surface area contributed by atoms with Crippen LogP contribution in [0, 0.1) is 0 Å². The van der Waals surface area contributed by atoms with Gasteiger partial charge in [0.05, 0.1) is 6.26 Å². The highest BCUT2D eigenvalue weighted by atomic mass is 32.2. The lowest BCUT2D eigenvalue weighted by atomic mass is 10.4. The van der Waals surface area contributed by atoms with Gasteiger partial charge in [-0.25, -0.2) is 0 Å². The summed E-state index contributed by atoms with van der Waals surface area (Å²) in [5.74, 6) is 0.982. The lowest BCUT2D eigenvalue weighted by molar-refractivity contribution is 0.339. The summed E-state index contributed by atoms with van der Waals surface area (Å²) in [6.07, 6.45) is 1.71. The van der Waals surface area contributed by atoms with Crippen LogP contribution in [0.4, 0.5) is 0 Å². The van der Waals surface area contributed by atoms with Crippen molar-refractivity contribution in [3.63, 3.8) is 0 Å².